The summed E-state index contributed by atoms with van der Waals surface area (Å²) in [6, 6.07) is 16.1. The maximum atomic E-state index is 5.52. The first-order chi connectivity index (χ1) is 30.3. The van der Waals surface area contributed by atoms with Crippen LogP contribution in [0.5, 0.6) is 0 Å². The normalized spacial score (nSPS) is 10.4. The SMILES string of the molecule is CC.CC.CC(C)c1nc2ccccc2o1.CC(C)c1nc2ccccc2s1.Cc1nc(C(C)C)no1.Cc1nc(C(C)C)ns1.Cc1nnc(C(C)C)o1.Cc1nnc(C(C)C)s1. The molecule has 2 aromatic carbocycles. The van der Waals surface area contributed by atoms with Crippen molar-refractivity contribution >= 4 is 55.5 Å². The zero-order valence-electron chi connectivity index (χ0n) is 42.0. The standard InChI is InChI=1S/C10H11NO.C10H11NS.2C6H10N2O.2C6H10N2S.2C2H6/c2*1-7(2)10-11-8-5-3-4-6-9(8)12-10;1-4(2)6-8-7-5(3)9-6;1-4(2)6-7-5(3)9-8-6;1-4(2)6-8-7-5(3)9-6;1-4(2)6-7-5(3)9-8-6;2*1-2/h2*3-7H,1-2H3;4*4H,1-3H3;2*1-2H3. The van der Waals surface area contributed by atoms with Gasteiger partial charge in [-0.25, -0.2) is 15.0 Å². The molecule has 0 saturated carbocycles. The monoisotopic (exact) mass is 935 g/mol. The fourth-order valence-electron chi connectivity index (χ4n) is 4.46. The zero-order chi connectivity index (χ0) is 48.5. The van der Waals surface area contributed by atoms with Gasteiger partial charge in [0.15, 0.2) is 17.3 Å². The van der Waals surface area contributed by atoms with Gasteiger partial charge in [-0.15, -0.1) is 43.1 Å². The second kappa shape index (κ2) is 30.4. The second-order valence-electron chi connectivity index (χ2n) is 15.6. The van der Waals surface area contributed by atoms with Gasteiger partial charge < -0.3 is 13.4 Å². The summed E-state index contributed by atoms with van der Waals surface area (Å²) in [5.74, 6) is 7.16. The molecular weight excluding hydrogens is 861 g/mol. The van der Waals surface area contributed by atoms with Crippen molar-refractivity contribution in [3.63, 3.8) is 0 Å². The molecule has 64 heavy (non-hydrogen) atoms. The zero-order valence-corrected chi connectivity index (χ0v) is 44.5. The van der Waals surface area contributed by atoms with Gasteiger partial charge >= 0.3 is 0 Å². The van der Waals surface area contributed by atoms with Crippen LogP contribution in [-0.4, -0.2) is 49.9 Å². The summed E-state index contributed by atoms with van der Waals surface area (Å²) in [5, 5.41) is 23.6. The highest BCUT2D eigenvalue weighted by Crippen LogP contribution is 2.26. The number of hydrogen-bond donors (Lipinski definition) is 0. The van der Waals surface area contributed by atoms with Gasteiger partial charge in [0.25, 0.3) is 0 Å². The minimum atomic E-state index is 0.339. The summed E-state index contributed by atoms with van der Waals surface area (Å²) >= 11 is 4.94. The molecule has 0 radical (unpaired) electrons. The molecule has 0 aliphatic rings. The van der Waals surface area contributed by atoms with Crippen LogP contribution in [0.2, 0.25) is 0 Å². The summed E-state index contributed by atoms with van der Waals surface area (Å²) in [7, 11) is 0. The van der Waals surface area contributed by atoms with Crippen molar-refractivity contribution in [3.05, 3.63) is 104 Å². The summed E-state index contributed by atoms with van der Waals surface area (Å²) in [6.07, 6.45) is 0. The number of aryl methyl sites for hydroxylation is 4. The maximum absolute atomic E-state index is 5.52. The summed E-state index contributed by atoms with van der Waals surface area (Å²) in [5.41, 5.74) is 2.95. The van der Waals surface area contributed by atoms with Crippen LogP contribution >= 0.6 is 34.2 Å². The highest BCUT2D eigenvalue weighted by Gasteiger charge is 2.09. The molecule has 6 aromatic heterocycles. The Hall–Kier alpha value is -4.80. The van der Waals surface area contributed by atoms with Crippen molar-refractivity contribution in [1.29, 1.82) is 0 Å². The molecule has 0 bridgehead atoms. The number of fused-ring (bicyclic) bond motifs is 2. The van der Waals surface area contributed by atoms with E-state index >= 15 is 0 Å². The van der Waals surface area contributed by atoms with Gasteiger partial charge in [0.2, 0.25) is 17.7 Å². The van der Waals surface area contributed by atoms with Crippen LogP contribution in [0.4, 0.5) is 0 Å². The largest absolute Gasteiger partial charge is 0.440 e. The van der Waals surface area contributed by atoms with E-state index in [9.17, 15) is 0 Å². The van der Waals surface area contributed by atoms with Crippen molar-refractivity contribution in [1.82, 2.24) is 49.9 Å². The van der Waals surface area contributed by atoms with E-state index in [1.807, 2.05) is 99.6 Å². The van der Waals surface area contributed by atoms with E-state index in [1.54, 1.807) is 36.5 Å². The Morgan fingerprint density at radius 3 is 1.39 bits per heavy atom. The van der Waals surface area contributed by atoms with E-state index in [4.69, 9.17) is 13.4 Å². The van der Waals surface area contributed by atoms with E-state index in [-0.39, 0.29) is 0 Å². The predicted octanol–water partition coefficient (Wildman–Crippen LogP) is 15.4. The molecule has 8 rings (SSSR count). The van der Waals surface area contributed by atoms with Gasteiger partial charge in [0.05, 0.1) is 15.2 Å². The molecule has 0 atom stereocenters. The third-order valence-corrected chi connectivity index (χ3v) is 10.9. The molecule has 6 heterocycles. The van der Waals surface area contributed by atoms with Crippen molar-refractivity contribution in [2.45, 2.75) is 174 Å². The van der Waals surface area contributed by atoms with Gasteiger partial charge in [0.1, 0.15) is 26.4 Å². The summed E-state index contributed by atoms with van der Waals surface area (Å²) in [4.78, 5) is 17.1. The van der Waals surface area contributed by atoms with Gasteiger partial charge in [-0.3, -0.25) is 0 Å². The molecule has 0 unspecified atom stereocenters. The first kappa shape index (κ1) is 57.2. The number of nitrogens with zero attached hydrogens (tertiary/aromatic N) is 10. The summed E-state index contributed by atoms with van der Waals surface area (Å²) in [6.45, 7) is 40.6. The molecule has 0 amide bonds. The van der Waals surface area contributed by atoms with E-state index in [0.717, 1.165) is 49.2 Å². The lowest BCUT2D eigenvalue weighted by Gasteiger charge is -1.94. The lowest BCUT2D eigenvalue weighted by Crippen LogP contribution is -1.88. The van der Waals surface area contributed by atoms with Gasteiger partial charge in [-0.1, -0.05) is 140 Å². The van der Waals surface area contributed by atoms with Crippen molar-refractivity contribution in [2.24, 2.45) is 0 Å². The fourth-order valence-corrected chi connectivity index (χ4v) is 6.75. The molecule has 0 spiro atoms. The van der Waals surface area contributed by atoms with E-state index in [1.165, 1.54) is 21.2 Å². The lowest BCUT2D eigenvalue weighted by atomic mass is 10.2. The van der Waals surface area contributed by atoms with Crippen LogP contribution in [-0.2, 0) is 0 Å². The number of oxazole rings is 1. The van der Waals surface area contributed by atoms with Crippen LogP contribution in [0.3, 0.4) is 0 Å². The maximum Gasteiger partial charge on any atom is 0.223 e. The highest BCUT2D eigenvalue weighted by atomic mass is 32.1. The van der Waals surface area contributed by atoms with Crippen LogP contribution in [0.25, 0.3) is 21.3 Å². The minimum Gasteiger partial charge on any atom is -0.440 e. The van der Waals surface area contributed by atoms with Crippen LogP contribution in [0, 0.1) is 27.7 Å². The third-order valence-electron chi connectivity index (χ3n) is 7.80. The van der Waals surface area contributed by atoms with Gasteiger partial charge in [0, 0.05) is 49.4 Å². The molecule has 16 heteroatoms. The molecule has 13 nitrogen and oxygen atoms in total. The molecule has 0 aliphatic heterocycles. The third kappa shape index (κ3) is 20.8. The van der Waals surface area contributed by atoms with E-state index in [2.05, 4.69) is 123 Å². The molecule has 8 aromatic rings. The summed E-state index contributed by atoms with van der Waals surface area (Å²) < 4.78 is 20.8. The van der Waals surface area contributed by atoms with Crippen LogP contribution in [0.1, 0.15) is 202 Å². The first-order valence-corrected chi connectivity index (χ1v) is 24.7. The highest BCUT2D eigenvalue weighted by molar-refractivity contribution is 7.18. The van der Waals surface area contributed by atoms with Crippen LogP contribution < -0.4 is 0 Å². The Morgan fingerprint density at radius 2 is 1.03 bits per heavy atom. The quantitative estimate of drug-likeness (QED) is 0.155. The van der Waals surface area contributed by atoms with Crippen molar-refractivity contribution in [2.75, 3.05) is 0 Å². The van der Waals surface area contributed by atoms with Gasteiger partial charge in [-0.05, 0) is 49.6 Å². The number of para-hydroxylation sites is 3. The first-order valence-electron chi connectivity index (χ1n) is 22.3. The molecule has 352 valence electrons. The van der Waals surface area contributed by atoms with Crippen molar-refractivity contribution in [3.8, 4) is 0 Å². The van der Waals surface area contributed by atoms with Crippen LogP contribution in [0.15, 0.2) is 61.9 Å². The topological polar surface area (TPSA) is 168 Å². The minimum absolute atomic E-state index is 0.339. The molecule has 0 fully saturated rings. The van der Waals surface area contributed by atoms with Crippen molar-refractivity contribution < 1.29 is 13.4 Å². The Balaban J connectivity index is 0.000000380. The average Bonchev–Trinajstić information content (AvgIpc) is 4.13. The van der Waals surface area contributed by atoms with E-state index in [0.29, 0.717) is 53.2 Å². The number of thiazole rings is 1. The predicted molar refractivity (Wildman–Crippen MR) is 268 cm³/mol. The smallest absolute Gasteiger partial charge is 0.223 e. The van der Waals surface area contributed by atoms with Gasteiger partial charge in [-0.2, -0.15) is 9.36 Å². The van der Waals surface area contributed by atoms with E-state index < -0.39 is 0 Å². The second-order valence-corrected chi connectivity index (χ2v) is 18.9. The Morgan fingerprint density at radius 1 is 0.453 bits per heavy atom. The number of hydrogen-bond acceptors (Lipinski definition) is 16. The number of aromatic nitrogens is 10. The fraction of sp³-hybridized carbons (Fsp3) is 0.542. The Bertz CT molecular complexity index is 2080. The average molecular weight is 935 g/mol. The lowest BCUT2D eigenvalue weighted by molar-refractivity contribution is 0.385. The Labute approximate surface area is 394 Å². The molecule has 0 saturated heterocycles. The molecular formula is C48H74N10O3S3. The Kier molecular flexibility index (Phi) is 27.1. The molecule has 0 aliphatic carbocycles. The number of benzene rings is 2. The molecule has 0 N–H and O–H groups in total. The number of rotatable bonds is 6.